The molecule has 0 bridgehead atoms. The van der Waals surface area contributed by atoms with E-state index in [-0.39, 0.29) is 18.9 Å². The number of pyridine rings is 1. The maximum atomic E-state index is 9.04. The summed E-state index contributed by atoms with van der Waals surface area (Å²) in [6, 6.07) is 5.86. The van der Waals surface area contributed by atoms with E-state index in [0.29, 0.717) is 17.2 Å². The fourth-order valence-corrected chi connectivity index (χ4v) is 3.59. The summed E-state index contributed by atoms with van der Waals surface area (Å²) >= 11 is 0. The summed E-state index contributed by atoms with van der Waals surface area (Å²) in [5.41, 5.74) is 8.59. The molecule has 1 saturated heterocycles. The number of aliphatic imine (C=N–C) groups is 1. The van der Waals surface area contributed by atoms with Crippen LogP contribution in [0.25, 0.3) is 5.52 Å². The third kappa shape index (κ3) is 3.94. The average Bonchev–Trinajstić information content (AvgIpc) is 3.07. The fourth-order valence-electron chi connectivity index (χ4n) is 3.59. The number of fused-ring (bicyclic) bond motifs is 1. The molecule has 0 saturated carbocycles. The molecule has 0 amide bonds. The van der Waals surface area contributed by atoms with Gasteiger partial charge in [-0.15, -0.1) is 5.10 Å². The second-order valence-corrected chi connectivity index (χ2v) is 8.16. The Kier molecular flexibility index (Phi) is 5.31. The monoisotopic (exact) mass is 410 g/mol. The molecule has 0 atom stereocenters. The van der Waals surface area contributed by atoms with Gasteiger partial charge in [-0.2, -0.15) is 0 Å². The molecule has 0 radical (unpaired) electrons. The number of piperazine rings is 1. The first kappa shape index (κ1) is 20.1. The lowest BCUT2D eigenvalue weighted by molar-refractivity contribution is -0.890. The molecule has 4 rings (SSSR count). The molecule has 9 heteroatoms. The van der Waals surface area contributed by atoms with Crippen LogP contribution in [0.5, 0.6) is 0 Å². The van der Waals surface area contributed by atoms with Crippen LogP contribution in [-0.4, -0.2) is 84.1 Å². The van der Waals surface area contributed by atoms with Gasteiger partial charge in [-0.05, 0) is 18.2 Å². The van der Waals surface area contributed by atoms with E-state index in [9.17, 15) is 0 Å². The SMILES string of the molecule is C[N+]1(C)CCN(c2nn3ccccc3c2N=C2C=C(OCCO)C(N)=CC2=N)CC1. The van der Waals surface area contributed by atoms with Crippen molar-refractivity contribution in [2.24, 2.45) is 10.7 Å². The standard InChI is InChI=1S/C21H28N7O2/c1-28(2)9-7-26(8-10-28)21-20(18-5-3-4-6-27(18)25-21)24-17-14-19(30-12-11-29)16(23)13-15(17)22/h3-6,13-14,22,29H,7-12,23H2,1-2H3/q+1. The second-order valence-electron chi connectivity index (χ2n) is 8.16. The van der Waals surface area contributed by atoms with E-state index in [1.807, 2.05) is 28.9 Å². The predicted octanol–water partition coefficient (Wildman–Crippen LogP) is 1.07. The van der Waals surface area contributed by atoms with Crippen molar-refractivity contribution in [3.63, 3.8) is 0 Å². The topological polar surface area (TPSA) is 112 Å². The van der Waals surface area contributed by atoms with E-state index in [2.05, 4.69) is 19.0 Å². The van der Waals surface area contributed by atoms with Crippen LogP contribution in [0.15, 0.2) is 53.0 Å². The summed E-state index contributed by atoms with van der Waals surface area (Å²) in [4.78, 5) is 7.10. The van der Waals surface area contributed by atoms with Crippen molar-refractivity contribution >= 4 is 28.4 Å². The van der Waals surface area contributed by atoms with Crippen molar-refractivity contribution < 1.29 is 14.3 Å². The first-order valence-electron chi connectivity index (χ1n) is 10.0. The zero-order valence-electron chi connectivity index (χ0n) is 17.4. The normalized spacial score (nSPS) is 20.4. The number of allylic oxidation sites excluding steroid dienone is 2. The third-order valence-electron chi connectivity index (χ3n) is 5.46. The van der Waals surface area contributed by atoms with Gasteiger partial charge in [0.15, 0.2) is 5.82 Å². The number of hydrogen-bond donors (Lipinski definition) is 3. The fraction of sp³-hybridized carbons (Fsp3) is 0.381. The highest BCUT2D eigenvalue weighted by atomic mass is 16.5. The number of nitrogens with two attached hydrogens (primary N) is 1. The Morgan fingerprint density at radius 3 is 2.77 bits per heavy atom. The van der Waals surface area contributed by atoms with Crippen molar-refractivity contribution in [1.29, 1.82) is 5.41 Å². The lowest BCUT2D eigenvalue weighted by Crippen LogP contribution is -2.55. The highest BCUT2D eigenvalue weighted by molar-refractivity contribution is 6.50. The van der Waals surface area contributed by atoms with Crippen molar-refractivity contribution in [3.05, 3.63) is 48.0 Å². The summed E-state index contributed by atoms with van der Waals surface area (Å²) in [7, 11) is 4.47. The van der Waals surface area contributed by atoms with Crippen LogP contribution in [-0.2, 0) is 4.74 Å². The van der Waals surface area contributed by atoms with Gasteiger partial charge in [0.05, 0.1) is 69.5 Å². The van der Waals surface area contributed by atoms with Crippen molar-refractivity contribution in [2.45, 2.75) is 0 Å². The molecular formula is C21H28N7O2+. The molecule has 2 aliphatic rings. The summed E-state index contributed by atoms with van der Waals surface area (Å²) < 4.78 is 8.32. The van der Waals surface area contributed by atoms with Gasteiger partial charge in [-0.1, -0.05) is 6.07 Å². The summed E-state index contributed by atoms with van der Waals surface area (Å²) in [5, 5.41) is 22.2. The van der Waals surface area contributed by atoms with E-state index in [4.69, 9.17) is 31.1 Å². The number of anilines is 1. The number of ether oxygens (including phenoxy) is 1. The van der Waals surface area contributed by atoms with Gasteiger partial charge in [0.25, 0.3) is 0 Å². The molecular weight excluding hydrogens is 382 g/mol. The minimum Gasteiger partial charge on any atom is -0.489 e. The van der Waals surface area contributed by atoms with Crippen LogP contribution in [0, 0.1) is 5.41 Å². The van der Waals surface area contributed by atoms with Crippen LogP contribution in [0.1, 0.15) is 0 Å². The van der Waals surface area contributed by atoms with E-state index in [0.717, 1.165) is 47.7 Å². The van der Waals surface area contributed by atoms with E-state index >= 15 is 0 Å². The molecule has 158 valence electrons. The van der Waals surface area contributed by atoms with Crippen LogP contribution in [0.4, 0.5) is 11.5 Å². The minimum atomic E-state index is -0.115. The van der Waals surface area contributed by atoms with Crippen molar-refractivity contribution in [2.75, 3.05) is 58.4 Å². The minimum absolute atomic E-state index is 0.115. The maximum absolute atomic E-state index is 9.04. The number of aliphatic hydroxyl groups is 1. The van der Waals surface area contributed by atoms with Crippen molar-refractivity contribution in [1.82, 2.24) is 9.61 Å². The van der Waals surface area contributed by atoms with Crippen LogP contribution in [0.3, 0.4) is 0 Å². The molecule has 1 aliphatic carbocycles. The molecule has 0 aromatic carbocycles. The number of aliphatic hydroxyl groups excluding tert-OH is 1. The quantitative estimate of drug-likeness (QED) is 0.504. The van der Waals surface area contributed by atoms with Gasteiger partial charge >= 0.3 is 0 Å². The van der Waals surface area contributed by atoms with Crippen molar-refractivity contribution in [3.8, 4) is 0 Å². The van der Waals surface area contributed by atoms with E-state index in [1.54, 1.807) is 6.08 Å². The number of likely N-dealkylation sites (N-methyl/N-ethyl adjacent to an activating group) is 1. The number of nitrogens with one attached hydrogen (secondary N) is 1. The van der Waals surface area contributed by atoms with E-state index in [1.165, 1.54) is 6.08 Å². The predicted molar refractivity (Wildman–Crippen MR) is 117 cm³/mol. The highest BCUT2D eigenvalue weighted by Gasteiger charge is 2.28. The molecule has 4 N–H and O–H groups in total. The van der Waals surface area contributed by atoms with Gasteiger partial charge in [0.2, 0.25) is 0 Å². The number of aromatic nitrogens is 2. The molecule has 3 heterocycles. The molecule has 1 fully saturated rings. The zero-order chi connectivity index (χ0) is 21.3. The molecule has 9 nitrogen and oxygen atoms in total. The molecule has 2 aromatic rings. The van der Waals surface area contributed by atoms with Gasteiger partial charge < -0.3 is 25.0 Å². The maximum Gasteiger partial charge on any atom is 0.178 e. The summed E-state index contributed by atoms with van der Waals surface area (Å²) in [6.07, 6.45) is 5.08. The Balaban J connectivity index is 1.76. The molecule has 2 aromatic heterocycles. The Labute approximate surface area is 175 Å². The highest BCUT2D eigenvalue weighted by Crippen LogP contribution is 2.34. The largest absolute Gasteiger partial charge is 0.489 e. The first-order chi connectivity index (χ1) is 14.4. The van der Waals surface area contributed by atoms with Gasteiger partial charge in [0, 0.05) is 12.3 Å². The van der Waals surface area contributed by atoms with Crippen LogP contribution in [0.2, 0.25) is 0 Å². The van der Waals surface area contributed by atoms with Gasteiger partial charge in [-0.25, -0.2) is 9.51 Å². The van der Waals surface area contributed by atoms with Gasteiger partial charge in [0.1, 0.15) is 18.1 Å². The lowest BCUT2D eigenvalue weighted by Gasteiger charge is -2.39. The molecule has 0 spiro atoms. The molecule has 0 unspecified atom stereocenters. The smallest absolute Gasteiger partial charge is 0.178 e. The Bertz CT molecular complexity index is 1050. The Morgan fingerprint density at radius 1 is 1.27 bits per heavy atom. The number of rotatable bonds is 5. The summed E-state index contributed by atoms with van der Waals surface area (Å²) in [5.74, 6) is 1.23. The van der Waals surface area contributed by atoms with Crippen LogP contribution >= 0.6 is 0 Å². The number of nitrogens with zero attached hydrogens (tertiary/aromatic N) is 5. The lowest BCUT2D eigenvalue weighted by atomic mass is 10.1. The second kappa shape index (κ2) is 7.92. The van der Waals surface area contributed by atoms with E-state index < -0.39 is 0 Å². The van der Waals surface area contributed by atoms with Gasteiger partial charge in [-0.3, -0.25) is 5.41 Å². The molecule has 1 aliphatic heterocycles. The average molecular weight is 411 g/mol. The molecule has 30 heavy (non-hydrogen) atoms. The Hall–Kier alpha value is -3.17. The number of hydrogen-bond acceptors (Lipinski definition) is 7. The van der Waals surface area contributed by atoms with Crippen LogP contribution < -0.4 is 10.6 Å². The summed E-state index contributed by atoms with van der Waals surface area (Å²) in [6.45, 7) is 3.84. The Morgan fingerprint density at radius 2 is 2.03 bits per heavy atom. The third-order valence-corrected chi connectivity index (χ3v) is 5.46. The number of quaternary nitrogens is 1. The first-order valence-corrected chi connectivity index (χ1v) is 10.0. The zero-order valence-corrected chi connectivity index (χ0v) is 17.4.